The lowest BCUT2D eigenvalue weighted by molar-refractivity contribution is 0.274. The molecule has 0 aliphatic heterocycles. The van der Waals surface area contributed by atoms with E-state index in [-0.39, 0.29) is 23.6 Å². The minimum Gasteiger partial charge on any atom is -0.457 e. The zero-order valence-electron chi connectivity index (χ0n) is 15.0. The number of H-pyrrole nitrogens is 1. The van der Waals surface area contributed by atoms with Crippen LogP contribution in [0.1, 0.15) is 12.5 Å². The minimum absolute atomic E-state index is 0.0764. The summed E-state index contributed by atoms with van der Waals surface area (Å²) in [5.74, 6) is 1.36. The molecule has 0 saturated carbocycles. The van der Waals surface area contributed by atoms with Crippen molar-refractivity contribution >= 4 is 39.7 Å². The second-order valence-electron chi connectivity index (χ2n) is 5.99. The van der Waals surface area contributed by atoms with E-state index in [4.69, 9.17) is 27.2 Å². The van der Waals surface area contributed by atoms with Crippen LogP contribution >= 0.6 is 23.1 Å². The molecule has 0 bridgehead atoms. The maximum absolute atomic E-state index is 12.1. The van der Waals surface area contributed by atoms with E-state index in [9.17, 15) is 4.79 Å². The van der Waals surface area contributed by atoms with Crippen molar-refractivity contribution in [1.82, 2.24) is 4.37 Å². The van der Waals surface area contributed by atoms with Gasteiger partial charge in [-0.15, -0.1) is 0 Å². The van der Waals surface area contributed by atoms with Crippen molar-refractivity contribution in [1.29, 1.82) is 0 Å². The van der Waals surface area contributed by atoms with E-state index in [2.05, 4.69) is 14.7 Å². The molecule has 0 aliphatic carbocycles. The highest BCUT2D eigenvalue weighted by atomic mass is 35.5. The summed E-state index contributed by atoms with van der Waals surface area (Å²) >= 11 is 7.08. The van der Waals surface area contributed by atoms with E-state index in [1.54, 1.807) is 31.2 Å². The van der Waals surface area contributed by atoms with Crippen molar-refractivity contribution in [2.24, 2.45) is 10.7 Å². The Balaban J connectivity index is 1.76. The fourth-order valence-electron chi connectivity index (χ4n) is 2.37. The molecule has 1 unspecified atom stereocenters. The number of hydrogen-bond donors (Lipinski definition) is 4. The number of aromatic amines is 1. The average Bonchev–Trinajstić information content (AvgIpc) is 3.03. The number of aliphatic hydroxyl groups is 1. The number of aromatic nitrogens is 1. The van der Waals surface area contributed by atoms with Crippen molar-refractivity contribution in [2.75, 3.05) is 11.9 Å². The molecule has 9 heteroatoms. The van der Waals surface area contributed by atoms with Crippen LogP contribution in [0.15, 0.2) is 58.3 Å². The maximum Gasteiger partial charge on any atom is 0.271 e. The van der Waals surface area contributed by atoms with E-state index < -0.39 is 6.04 Å². The van der Waals surface area contributed by atoms with Gasteiger partial charge in [0.15, 0.2) is 0 Å². The summed E-state index contributed by atoms with van der Waals surface area (Å²) in [6.45, 7) is 1.55. The summed E-state index contributed by atoms with van der Waals surface area (Å²) < 4.78 is 8.40. The van der Waals surface area contributed by atoms with Crippen LogP contribution in [0.4, 0.5) is 10.7 Å². The number of ether oxygens (including phenoxy) is 1. The third-order valence-electron chi connectivity index (χ3n) is 3.72. The number of anilines is 2. The van der Waals surface area contributed by atoms with Crippen molar-refractivity contribution in [3.8, 4) is 11.5 Å². The number of hydrogen-bond acceptors (Lipinski definition) is 6. The number of amidine groups is 1. The summed E-state index contributed by atoms with van der Waals surface area (Å²) in [6, 6.07) is 14.0. The van der Waals surface area contributed by atoms with Crippen LogP contribution in [0.3, 0.4) is 0 Å². The Kier molecular flexibility index (Phi) is 6.35. The summed E-state index contributed by atoms with van der Waals surface area (Å²) in [4.78, 5) is 16.2. The standard InChI is InChI=1S/C19H19ClN4O3S/c1-11(10-25)22-17(21)16-18(26)24-28-19(16)23-13-5-7-14(8-6-13)27-15-4-2-3-12(20)9-15/h2-9,11,23,25H,10H2,1H3,(H2,21,22)(H,24,26). The first kappa shape index (κ1) is 19.9. The van der Waals surface area contributed by atoms with Gasteiger partial charge in [-0.3, -0.25) is 14.2 Å². The number of aliphatic imine (C=N–C) groups is 1. The molecule has 1 aromatic heterocycles. The SMILES string of the molecule is CC(CO)N=C(N)c1c(Nc2ccc(Oc3cccc(Cl)c3)cc2)s[nH]c1=O. The Hall–Kier alpha value is -2.81. The molecule has 1 atom stereocenters. The van der Waals surface area contributed by atoms with Gasteiger partial charge in [0.25, 0.3) is 5.56 Å². The summed E-state index contributed by atoms with van der Waals surface area (Å²) in [7, 11) is 0. The van der Waals surface area contributed by atoms with Gasteiger partial charge in [-0.2, -0.15) is 0 Å². The normalized spacial score (nSPS) is 12.6. The second-order valence-corrected chi connectivity index (χ2v) is 7.25. The van der Waals surface area contributed by atoms with Gasteiger partial charge in [0.05, 0.1) is 12.6 Å². The van der Waals surface area contributed by atoms with Gasteiger partial charge in [-0.05, 0) is 60.9 Å². The number of halogens is 1. The van der Waals surface area contributed by atoms with Gasteiger partial charge >= 0.3 is 0 Å². The van der Waals surface area contributed by atoms with Gasteiger partial charge < -0.3 is 20.9 Å². The summed E-state index contributed by atoms with van der Waals surface area (Å²) in [5.41, 5.74) is 6.62. The molecule has 2 aromatic carbocycles. The molecule has 0 fully saturated rings. The molecule has 1 heterocycles. The van der Waals surface area contributed by atoms with Gasteiger partial charge in [0.2, 0.25) is 0 Å². The van der Waals surface area contributed by atoms with E-state index in [0.717, 1.165) is 17.2 Å². The fraction of sp³-hybridized carbons (Fsp3) is 0.158. The lowest BCUT2D eigenvalue weighted by atomic mass is 10.2. The highest BCUT2D eigenvalue weighted by Gasteiger charge is 2.15. The molecule has 3 aromatic rings. The number of rotatable bonds is 7. The van der Waals surface area contributed by atoms with Crippen molar-refractivity contribution in [3.63, 3.8) is 0 Å². The van der Waals surface area contributed by atoms with Gasteiger partial charge in [0, 0.05) is 10.7 Å². The quantitative estimate of drug-likeness (QED) is 0.345. The number of nitrogens with one attached hydrogen (secondary N) is 2. The third-order valence-corrected chi connectivity index (χ3v) is 4.76. The van der Waals surface area contributed by atoms with Gasteiger partial charge in [-0.1, -0.05) is 17.7 Å². The van der Waals surface area contributed by atoms with Gasteiger partial charge in [0.1, 0.15) is 27.9 Å². The van der Waals surface area contributed by atoms with E-state index >= 15 is 0 Å². The predicted octanol–water partition coefficient (Wildman–Crippen LogP) is 3.71. The summed E-state index contributed by atoms with van der Waals surface area (Å²) in [5, 5.41) is 13.4. The monoisotopic (exact) mass is 418 g/mol. The van der Waals surface area contributed by atoms with E-state index in [1.807, 2.05) is 24.3 Å². The molecule has 0 radical (unpaired) electrons. The first-order valence-corrected chi connectivity index (χ1v) is 9.62. The Bertz CT molecular complexity index is 1030. The molecule has 7 nitrogen and oxygen atoms in total. The first-order chi connectivity index (χ1) is 13.5. The Labute approximate surface area is 170 Å². The van der Waals surface area contributed by atoms with E-state index in [0.29, 0.717) is 21.5 Å². The average molecular weight is 419 g/mol. The van der Waals surface area contributed by atoms with Crippen LogP contribution < -0.4 is 21.3 Å². The Morgan fingerprint density at radius 3 is 2.75 bits per heavy atom. The summed E-state index contributed by atoms with van der Waals surface area (Å²) in [6.07, 6.45) is 0. The molecule has 28 heavy (non-hydrogen) atoms. The molecular formula is C19H19ClN4O3S. The first-order valence-electron chi connectivity index (χ1n) is 8.42. The lowest BCUT2D eigenvalue weighted by Crippen LogP contribution is -2.24. The van der Waals surface area contributed by atoms with Crippen LogP contribution in [0, 0.1) is 0 Å². The van der Waals surface area contributed by atoms with Crippen molar-refractivity contribution < 1.29 is 9.84 Å². The molecule has 0 spiro atoms. The van der Waals surface area contributed by atoms with Crippen LogP contribution in [-0.4, -0.2) is 28.0 Å². The molecule has 0 amide bonds. The van der Waals surface area contributed by atoms with E-state index in [1.165, 1.54) is 0 Å². The Morgan fingerprint density at radius 2 is 2.07 bits per heavy atom. The van der Waals surface area contributed by atoms with Gasteiger partial charge in [-0.25, -0.2) is 0 Å². The number of benzene rings is 2. The fourth-order valence-corrected chi connectivity index (χ4v) is 3.32. The second kappa shape index (κ2) is 8.92. The molecule has 146 valence electrons. The maximum atomic E-state index is 12.1. The largest absolute Gasteiger partial charge is 0.457 e. The minimum atomic E-state index is -0.393. The number of aliphatic hydroxyl groups excluding tert-OH is 1. The van der Waals surface area contributed by atoms with Crippen molar-refractivity contribution in [3.05, 3.63) is 69.5 Å². The van der Waals surface area contributed by atoms with Crippen LogP contribution in [-0.2, 0) is 0 Å². The number of nitrogens with zero attached hydrogens (tertiary/aromatic N) is 1. The molecular weight excluding hydrogens is 400 g/mol. The van der Waals surface area contributed by atoms with Crippen LogP contribution in [0.25, 0.3) is 0 Å². The number of nitrogens with two attached hydrogens (primary N) is 1. The highest BCUT2D eigenvalue weighted by molar-refractivity contribution is 7.10. The predicted molar refractivity (Wildman–Crippen MR) is 113 cm³/mol. The van der Waals surface area contributed by atoms with Crippen LogP contribution in [0.2, 0.25) is 5.02 Å². The zero-order valence-corrected chi connectivity index (χ0v) is 16.6. The smallest absolute Gasteiger partial charge is 0.271 e. The highest BCUT2D eigenvalue weighted by Crippen LogP contribution is 2.27. The van der Waals surface area contributed by atoms with Crippen LogP contribution in [0.5, 0.6) is 11.5 Å². The molecule has 3 rings (SSSR count). The van der Waals surface area contributed by atoms with Crippen molar-refractivity contribution in [2.45, 2.75) is 13.0 Å². The zero-order chi connectivity index (χ0) is 20.1. The lowest BCUT2D eigenvalue weighted by Gasteiger charge is -2.09. The topological polar surface area (TPSA) is 113 Å². The molecule has 5 N–H and O–H groups in total. The third kappa shape index (κ3) is 4.92. The molecule has 0 aliphatic rings. The Morgan fingerprint density at radius 1 is 1.32 bits per heavy atom. The molecule has 0 saturated heterocycles.